The van der Waals surface area contributed by atoms with Gasteiger partial charge < -0.3 is 0 Å². The third-order valence-electron chi connectivity index (χ3n) is 5.32. The molecule has 0 radical (unpaired) electrons. The van der Waals surface area contributed by atoms with Crippen molar-refractivity contribution in [2.45, 2.75) is 57.4 Å². The lowest BCUT2D eigenvalue weighted by molar-refractivity contribution is -0.130. The second-order valence-corrected chi connectivity index (χ2v) is 9.05. The molecule has 1 aliphatic rings. The van der Waals surface area contributed by atoms with E-state index in [4.69, 9.17) is 0 Å². The van der Waals surface area contributed by atoms with Crippen molar-refractivity contribution in [1.82, 2.24) is 9.62 Å². The Kier molecular flexibility index (Phi) is 8.85. The molecule has 2 amide bonds. The van der Waals surface area contributed by atoms with Gasteiger partial charge in [-0.1, -0.05) is 57.0 Å². The van der Waals surface area contributed by atoms with Crippen LogP contribution in [0.1, 0.15) is 51.5 Å². The van der Waals surface area contributed by atoms with E-state index < -0.39 is 22.0 Å². The van der Waals surface area contributed by atoms with Crippen molar-refractivity contribution in [1.29, 1.82) is 0 Å². The van der Waals surface area contributed by atoms with Crippen LogP contribution in [0.5, 0.6) is 0 Å². The summed E-state index contributed by atoms with van der Waals surface area (Å²) in [6.45, 7) is 4.62. The predicted octanol–water partition coefficient (Wildman–Crippen LogP) is 3.79. The smallest absolute Gasteiger partial charge is 0.273 e. The number of hydrogen-bond donors (Lipinski definition) is 1. The Bertz CT molecular complexity index is 837. The third kappa shape index (κ3) is 5.90. The summed E-state index contributed by atoms with van der Waals surface area (Å²) in [5.41, 5.74) is -0.406. The van der Waals surface area contributed by atoms with Gasteiger partial charge in [0.1, 0.15) is 5.41 Å². The second kappa shape index (κ2) is 10.9. The lowest BCUT2D eigenvalue weighted by atomic mass is 9.93. The molecule has 1 N–H and O–H groups in total. The molecule has 2 rings (SSSR count). The van der Waals surface area contributed by atoms with Crippen LogP contribution in [0, 0.1) is 5.92 Å². The molecule has 0 bridgehead atoms. The van der Waals surface area contributed by atoms with Crippen molar-refractivity contribution in [2.75, 3.05) is 13.6 Å². The van der Waals surface area contributed by atoms with Gasteiger partial charge in [-0.2, -0.15) is 12.8 Å². The summed E-state index contributed by atoms with van der Waals surface area (Å²) in [4.78, 5) is 27.5. The van der Waals surface area contributed by atoms with Gasteiger partial charge in [0.05, 0.1) is 6.04 Å². The van der Waals surface area contributed by atoms with Crippen LogP contribution >= 0.6 is 11.9 Å². The number of imide groups is 1. The van der Waals surface area contributed by atoms with Gasteiger partial charge in [0.25, 0.3) is 0 Å². The molecule has 160 valence electrons. The van der Waals surface area contributed by atoms with Crippen LogP contribution in [-0.2, 0) is 20.7 Å². The first-order valence-corrected chi connectivity index (χ1v) is 11.8. The monoisotopic (exact) mass is 439 g/mol. The number of hydrogen-bond acceptors (Lipinski definition) is 7. The van der Waals surface area contributed by atoms with Crippen LogP contribution in [-0.4, -0.2) is 44.1 Å². The first-order valence-electron chi connectivity index (χ1n) is 9.92. The SMILES string of the molecule is CCCC(C)CCCN(C(=O)SNC)C(=O)C1(c2ccccc2)CC1N=S(=O)=O. The normalized spacial score (nSPS) is 21.3. The minimum atomic E-state index is -2.61. The zero-order valence-electron chi connectivity index (χ0n) is 17.1. The van der Waals surface area contributed by atoms with Crippen molar-refractivity contribution >= 4 is 33.6 Å². The molecule has 1 fully saturated rings. The van der Waals surface area contributed by atoms with Gasteiger partial charge >= 0.3 is 15.7 Å². The molecule has 0 heterocycles. The Hall–Kier alpha value is -1.71. The highest BCUT2D eigenvalue weighted by atomic mass is 32.2. The molecule has 7 nitrogen and oxygen atoms in total. The standard InChI is InChI=1S/C20H29N3O4S2/c1-4-9-15(2)10-8-13-23(19(25)28-21-3)18(24)20(14-17(20)22-29(26)27)16-11-6-5-7-12-16/h5-7,11-12,15,17,21H,4,8-10,13-14H2,1-3H3. The van der Waals surface area contributed by atoms with Crippen molar-refractivity contribution in [3.63, 3.8) is 0 Å². The summed E-state index contributed by atoms with van der Waals surface area (Å²) < 4.78 is 28.7. The minimum Gasteiger partial charge on any atom is -0.273 e. The molecule has 0 aromatic heterocycles. The maximum Gasteiger partial charge on any atom is 0.311 e. The van der Waals surface area contributed by atoms with Gasteiger partial charge in [0.2, 0.25) is 5.91 Å². The average molecular weight is 440 g/mol. The molecule has 1 saturated carbocycles. The fourth-order valence-electron chi connectivity index (χ4n) is 3.77. The summed E-state index contributed by atoms with van der Waals surface area (Å²) in [5, 5.41) is -0.384. The zero-order chi connectivity index (χ0) is 21.4. The second-order valence-electron chi connectivity index (χ2n) is 7.44. The zero-order valence-corrected chi connectivity index (χ0v) is 18.8. The fourth-order valence-corrected chi connectivity index (χ4v) is 4.69. The minimum absolute atomic E-state index is 0.282. The predicted molar refractivity (Wildman–Crippen MR) is 115 cm³/mol. The van der Waals surface area contributed by atoms with Gasteiger partial charge in [0, 0.05) is 18.5 Å². The van der Waals surface area contributed by atoms with E-state index in [1.165, 1.54) is 4.90 Å². The highest BCUT2D eigenvalue weighted by Crippen LogP contribution is 2.52. The van der Waals surface area contributed by atoms with E-state index in [0.717, 1.165) is 31.2 Å². The number of amides is 2. The molecule has 0 aliphatic heterocycles. The first-order chi connectivity index (χ1) is 13.9. The highest BCUT2D eigenvalue weighted by molar-refractivity contribution is 8.11. The van der Waals surface area contributed by atoms with Gasteiger partial charge in [0.15, 0.2) is 0 Å². The number of carbonyl (C=O) groups excluding carboxylic acids is 2. The maximum absolute atomic E-state index is 13.5. The molecule has 1 aromatic rings. The molecule has 1 aliphatic carbocycles. The molecule has 3 unspecified atom stereocenters. The topological polar surface area (TPSA) is 95.9 Å². The van der Waals surface area contributed by atoms with E-state index >= 15 is 0 Å². The van der Waals surface area contributed by atoms with E-state index in [0.29, 0.717) is 24.4 Å². The summed E-state index contributed by atoms with van der Waals surface area (Å²) in [7, 11) is -0.987. The lowest BCUT2D eigenvalue weighted by Gasteiger charge is -2.26. The Labute approximate surface area is 178 Å². The summed E-state index contributed by atoms with van der Waals surface area (Å²) in [5.74, 6) is 0.150. The molecule has 9 heteroatoms. The Morgan fingerprint density at radius 3 is 2.59 bits per heavy atom. The largest absolute Gasteiger partial charge is 0.311 e. The van der Waals surface area contributed by atoms with E-state index in [1.54, 1.807) is 31.3 Å². The van der Waals surface area contributed by atoms with E-state index in [2.05, 4.69) is 22.9 Å². The number of carbonyl (C=O) groups is 2. The van der Waals surface area contributed by atoms with Crippen LogP contribution in [0.2, 0.25) is 0 Å². The number of rotatable bonds is 10. The van der Waals surface area contributed by atoms with Crippen LogP contribution < -0.4 is 4.72 Å². The Morgan fingerprint density at radius 2 is 2.00 bits per heavy atom. The van der Waals surface area contributed by atoms with E-state index in [1.807, 2.05) is 6.07 Å². The lowest BCUT2D eigenvalue weighted by Crippen LogP contribution is -2.44. The molecule has 1 aromatic carbocycles. The molecular weight excluding hydrogens is 410 g/mol. The van der Waals surface area contributed by atoms with E-state index in [-0.39, 0.29) is 17.6 Å². The fraction of sp³-hybridized carbons (Fsp3) is 0.600. The summed E-state index contributed by atoms with van der Waals surface area (Å²) in [6.07, 6.45) is 4.13. The Morgan fingerprint density at radius 1 is 1.31 bits per heavy atom. The van der Waals surface area contributed by atoms with Gasteiger partial charge in [-0.3, -0.25) is 19.2 Å². The van der Waals surface area contributed by atoms with Crippen LogP contribution in [0.4, 0.5) is 4.79 Å². The van der Waals surface area contributed by atoms with Crippen LogP contribution in [0.15, 0.2) is 34.7 Å². The molecule has 0 saturated heterocycles. The number of nitrogens with zero attached hydrogens (tertiary/aromatic N) is 2. The van der Waals surface area contributed by atoms with Crippen molar-refractivity contribution in [3.8, 4) is 0 Å². The van der Waals surface area contributed by atoms with E-state index in [9.17, 15) is 18.0 Å². The third-order valence-corrected chi connectivity index (χ3v) is 6.35. The summed E-state index contributed by atoms with van der Waals surface area (Å²) in [6, 6.07) is 8.33. The van der Waals surface area contributed by atoms with Crippen molar-refractivity contribution in [3.05, 3.63) is 35.9 Å². The molecule has 0 spiro atoms. The van der Waals surface area contributed by atoms with Gasteiger partial charge in [-0.05, 0) is 37.8 Å². The van der Waals surface area contributed by atoms with Crippen molar-refractivity contribution < 1.29 is 18.0 Å². The van der Waals surface area contributed by atoms with Gasteiger partial charge in [-0.15, -0.1) is 0 Å². The quantitative estimate of drug-likeness (QED) is 0.557. The Balaban J connectivity index is 2.28. The van der Waals surface area contributed by atoms with Crippen LogP contribution in [0.25, 0.3) is 0 Å². The molecule has 3 atom stereocenters. The molecule has 29 heavy (non-hydrogen) atoms. The van der Waals surface area contributed by atoms with Crippen molar-refractivity contribution in [2.24, 2.45) is 10.3 Å². The average Bonchev–Trinajstić information content (AvgIpc) is 3.40. The number of nitrogens with one attached hydrogen (secondary N) is 1. The van der Waals surface area contributed by atoms with Crippen LogP contribution in [0.3, 0.4) is 0 Å². The molecular formula is C20H29N3O4S2. The van der Waals surface area contributed by atoms with Gasteiger partial charge in [-0.25, -0.2) is 0 Å². The maximum atomic E-state index is 13.5. The highest BCUT2D eigenvalue weighted by Gasteiger charge is 2.64. The first kappa shape index (κ1) is 23.6. The summed E-state index contributed by atoms with van der Waals surface area (Å²) >= 11 is 0.855. The number of benzene rings is 1.